The second-order valence-electron chi connectivity index (χ2n) is 5.31. The van der Waals surface area contributed by atoms with E-state index in [1.165, 1.54) is 11.0 Å². The minimum absolute atomic E-state index is 0.0988. The van der Waals surface area contributed by atoms with Crippen LogP contribution in [-0.2, 0) is 16.1 Å². The number of furan rings is 1. The average molecular weight is 249 g/mol. The SMILES string of the molecule is CC1(C)CC(=O)N(Cc2ccc(C=O)o2)C(=O)C1. The van der Waals surface area contributed by atoms with Crippen LogP contribution in [0.2, 0.25) is 0 Å². The molecule has 5 nitrogen and oxygen atoms in total. The van der Waals surface area contributed by atoms with Gasteiger partial charge in [0.15, 0.2) is 12.0 Å². The zero-order valence-electron chi connectivity index (χ0n) is 10.4. The van der Waals surface area contributed by atoms with Crippen molar-refractivity contribution in [3.8, 4) is 0 Å². The molecule has 0 spiro atoms. The molecule has 0 bridgehead atoms. The van der Waals surface area contributed by atoms with Gasteiger partial charge in [0.25, 0.3) is 0 Å². The zero-order valence-corrected chi connectivity index (χ0v) is 10.4. The average Bonchev–Trinajstić information content (AvgIpc) is 2.70. The van der Waals surface area contributed by atoms with E-state index < -0.39 is 0 Å². The van der Waals surface area contributed by atoms with Crippen LogP contribution >= 0.6 is 0 Å². The Morgan fingerprint density at radius 1 is 1.28 bits per heavy atom. The second-order valence-corrected chi connectivity index (χ2v) is 5.31. The van der Waals surface area contributed by atoms with Crippen LogP contribution in [0.25, 0.3) is 0 Å². The van der Waals surface area contributed by atoms with Gasteiger partial charge in [-0.05, 0) is 17.5 Å². The zero-order chi connectivity index (χ0) is 13.3. The van der Waals surface area contributed by atoms with Crippen LogP contribution in [0, 0.1) is 5.41 Å². The largest absolute Gasteiger partial charge is 0.456 e. The molecule has 2 heterocycles. The summed E-state index contributed by atoms with van der Waals surface area (Å²) >= 11 is 0. The van der Waals surface area contributed by atoms with Crippen molar-refractivity contribution in [3.05, 3.63) is 23.7 Å². The van der Waals surface area contributed by atoms with Gasteiger partial charge in [-0.25, -0.2) is 0 Å². The Morgan fingerprint density at radius 2 is 1.89 bits per heavy atom. The highest BCUT2D eigenvalue weighted by molar-refractivity contribution is 5.98. The highest BCUT2D eigenvalue weighted by Gasteiger charge is 2.37. The number of carbonyl (C=O) groups excluding carboxylic acids is 3. The lowest BCUT2D eigenvalue weighted by Crippen LogP contribution is -2.45. The van der Waals surface area contributed by atoms with Gasteiger partial charge in [-0.3, -0.25) is 19.3 Å². The summed E-state index contributed by atoms with van der Waals surface area (Å²) in [4.78, 5) is 35.5. The molecule has 1 aliphatic rings. The first-order valence-corrected chi connectivity index (χ1v) is 5.78. The molecule has 0 atom stereocenters. The van der Waals surface area contributed by atoms with Gasteiger partial charge in [-0.1, -0.05) is 13.8 Å². The number of imide groups is 1. The Kier molecular flexibility index (Phi) is 3.07. The summed E-state index contributed by atoms with van der Waals surface area (Å²) in [7, 11) is 0. The second kappa shape index (κ2) is 4.40. The van der Waals surface area contributed by atoms with Crippen LogP contribution in [0.4, 0.5) is 0 Å². The summed E-state index contributed by atoms with van der Waals surface area (Å²) in [5, 5.41) is 0. The van der Waals surface area contributed by atoms with Crippen molar-refractivity contribution in [1.29, 1.82) is 0 Å². The minimum Gasteiger partial charge on any atom is -0.456 e. The first-order chi connectivity index (χ1) is 8.41. The maximum absolute atomic E-state index is 11.9. The van der Waals surface area contributed by atoms with E-state index in [1.54, 1.807) is 6.07 Å². The number of hydrogen-bond donors (Lipinski definition) is 0. The number of nitrogens with zero attached hydrogens (tertiary/aromatic N) is 1. The van der Waals surface area contributed by atoms with E-state index in [1.807, 2.05) is 13.8 Å². The van der Waals surface area contributed by atoms with E-state index in [9.17, 15) is 14.4 Å². The number of likely N-dealkylation sites (tertiary alicyclic amines) is 1. The Bertz CT molecular complexity index is 481. The molecule has 0 N–H and O–H groups in total. The molecule has 18 heavy (non-hydrogen) atoms. The molecule has 1 saturated heterocycles. The van der Waals surface area contributed by atoms with Crippen LogP contribution in [-0.4, -0.2) is 23.0 Å². The van der Waals surface area contributed by atoms with Crippen molar-refractivity contribution >= 4 is 18.1 Å². The van der Waals surface area contributed by atoms with Crippen molar-refractivity contribution in [2.24, 2.45) is 5.41 Å². The molecule has 0 unspecified atom stereocenters. The van der Waals surface area contributed by atoms with E-state index in [4.69, 9.17) is 4.42 Å². The van der Waals surface area contributed by atoms with E-state index in [-0.39, 0.29) is 29.5 Å². The molecule has 1 aromatic rings. The standard InChI is InChI=1S/C13H15NO4/c1-13(2)5-11(16)14(12(17)6-13)7-9-3-4-10(8-15)18-9/h3-4,8H,5-7H2,1-2H3. The molecule has 2 rings (SSSR count). The summed E-state index contributed by atoms with van der Waals surface area (Å²) in [5.74, 6) is 0.251. The van der Waals surface area contributed by atoms with Crippen molar-refractivity contribution in [2.75, 3.05) is 0 Å². The lowest BCUT2D eigenvalue weighted by atomic mass is 9.82. The highest BCUT2D eigenvalue weighted by atomic mass is 16.3. The lowest BCUT2D eigenvalue weighted by Gasteiger charge is -2.34. The van der Waals surface area contributed by atoms with E-state index in [2.05, 4.69) is 0 Å². The first kappa shape index (κ1) is 12.5. The molecule has 0 aliphatic carbocycles. The van der Waals surface area contributed by atoms with Crippen molar-refractivity contribution in [1.82, 2.24) is 4.90 Å². The monoisotopic (exact) mass is 249 g/mol. The summed E-state index contributed by atoms with van der Waals surface area (Å²) < 4.78 is 5.17. The van der Waals surface area contributed by atoms with Gasteiger partial charge in [-0.2, -0.15) is 0 Å². The summed E-state index contributed by atoms with van der Waals surface area (Å²) in [6.45, 7) is 3.90. The first-order valence-electron chi connectivity index (χ1n) is 5.78. The molecule has 5 heteroatoms. The third-order valence-electron chi connectivity index (χ3n) is 2.97. The normalized spacial score (nSPS) is 19.1. The lowest BCUT2D eigenvalue weighted by molar-refractivity contribution is -0.153. The Hall–Kier alpha value is -1.91. The molecular formula is C13H15NO4. The van der Waals surface area contributed by atoms with Gasteiger partial charge in [0, 0.05) is 12.8 Å². The predicted octanol–water partition coefficient (Wildman–Crippen LogP) is 1.77. The smallest absolute Gasteiger partial charge is 0.230 e. The number of aldehydes is 1. The number of amides is 2. The number of hydrogen-bond acceptors (Lipinski definition) is 4. The molecular weight excluding hydrogens is 234 g/mol. The van der Waals surface area contributed by atoms with Gasteiger partial charge in [0.2, 0.25) is 11.8 Å². The fourth-order valence-electron chi connectivity index (χ4n) is 2.09. The number of rotatable bonds is 3. The van der Waals surface area contributed by atoms with Crippen molar-refractivity contribution in [2.45, 2.75) is 33.2 Å². The van der Waals surface area contributed by atoms with Crippen LogP contribution in [0.1, 0.15) is 43.0 Å². The summed E-state index contributed by atoms with van der Waals surface area (Å²) in [5.41, 5.74) is -0.276. The molecule has 2 amide bonds. The molecule has 1 fully saturated rings. The summed E-state index contributed by atoms with van der Waals surface area (Å²) in [6.07, 6.45) is 1.28. The Labute approximate surface area is 105 Å². The fraction of sp³-hybridized carbons (Fsp3) is 0.462. The Balaban J connectivity index is 2.12. The van der Waals surface area contributed by atoms with Crippen LogP contribution < -0.4 is 0 Å². The number of carbonyl (C=O) groups is 3. The molecule has 0 radical (unpaired) electrons. The quantitative estimate of drug-likeness (QED) is 0.604. The van der Waals surface area contributed by atoms with Gasteiger partial charge >= 0.3 is 0 Å². The van der Waals surface area contributed by atoms with E-state index >= 15 is 0 Å². The van der Waals surface area contributed by atoms with Crippen LogP contribution in [0.3, 0.4) is 0 Å². The third kappa shape index (κ3) is 2.50. The number of piperidine rings is 1. The third-order valence-corrected chi connectivity index (χ3v) is 2.97. The van der Waals surface area contributed by atoms with Gasteiger partial charge < -0.3 is 4.42 Å². The summed E-state index contributed by atoms with van der Waals surface area (Å²) in [6, 6.07) is 3.12. The molecule has 0 saturated carbocycles. The maximum Gasteiger partial charge on any atom is 0.230 e. The van der Waals surface area contributed by atoms with Crippen molar-refractivity contribution in [3.63, 3.8) is 0 Å². The van der Waals surface area contributed by atoms with Gasteiger partial charge in [0.05, 0.1) is 6.54 Å². The van der Waals surface area contributed by atoms with Crippen LogP contribution in [0.5, 0.6) is 0 Å². The van der Waals surface area contributed by atoms with Gasteiger partial charge in [0.1, 0.15) is 5.76 Å². The van der Waals surface area contributed by atoms with E-state index in [0.717, 1.165) is 0 Å². The Morgan fingerprint density at radius 3 is 2.39 bits per heavy atom. The fourth-order valence-corrected chi connectivity index (χ4v) is 2.09. The topological polar surface area (TPSA) is 67.6 Å². The van der Waals surface area contributed by atoms with E-state index in [0.29, 0.717) is 24.9 Å². The van der Waals surface area contributed by atoms with Gasteiger partial charge in [-0.15, -0.1) is 0 Å². The molecule has 96 valence electrons. The maximum atomic E-state index is 11.9. The highest BCUT2D eigenvalue weighted by Crippen LogP contribution is 2.32. The predicted molar refractivity (Wildman–Crippen MR) is 62.7 cm³/mol. The van der Waals surface area contributed by atoms with Crippen molar-refractivity contribution < 1.29 is 18.8 Å². The molecule has 0 aromatic carbocycles. The molecule has 1 aliphatic heterocycles. The van der Waals surface area contributed by atoms with Crippen LogP contribution in [0.15, 0.2) is 16.5 Å². The molecule has 1 aromatic heterocycles. The minimum atomic E-state index is -0.276.